The zero-order valence-corrected chi connectivity index (χ0v) is 10.9. The summed E-state index contributed by atoms with van der Waals surface area (Å²) in [6, 6.07) is 7.24. The summed E-state index contributed by atoms with van der Waals surface area (Å²) in [5.74, 6) is 1.60. The summed E-state index contributed by atoms with van der Waals surface area (Å²) in [5, 5.41) is 0. The van der Waals surface area contributed by atoms with Gasteiger partial charge in [0, 0.05) is 13.0 Å². The van der Waals surface area contributed by atoms with Crippen molar-refractivity contribution in [2.45, 2.75) is 6.42 Å². The number of alkyl halides is 1. The van der Waals surface area contributed by atoms with Crippen molar-refractivity contribution in [3.8, 4) is 5.75 Å². The van der Waals surface area contributed by atoms with Crippen LogP contribution in [0.2, 0.25) is 0 Å². The molecule has 0 spiro atoms. The molecule has 1 amide bonds. The fourth-order valence-corrected chi connectivity index (χ4v) is 2.33. The molecule has 0 radical (unpaired) electrons. The molecule has 1 unspecified atom stereocenters. The molecule has 1 aliphatic heterocycles. The van der Waals surface area contributed by atoms with Crippen LogP contribution in [0.15, 0.2) is 24.3 Å². The zero-order valence-electron chi connectivity index (χ0n) is 10.0. The molecule has 1 saturated heterocycles. The molecule has 1 aliphatic rings. The summed E-state index contributed by atoms with van der Waals surface area (Å²) in [5.41, 5.74) is 0.722. The van der Waals surface area contributed by atoms with Crippen LogP contribution in [0.5, 0.6) is 5.75 Å². The second kappa shape index (κ2) is 6.09. The third kappa shape index (κ3) is 2.77. The van der Waals surface area contributed by atoms with Crippen LogP contribution in [-0.2, 0) is 4.79 Å². The van der Waals surface area contributed by atoms with Crippen LogP contribution in [0.25, 0.3) is 0 Å². The molecule has 1 aromatic rings. The molecule has 3 nitrogen and oxygen atoms in total. The van der Waals surface area contributed by atoms with E-state index >= 15 is 0 Å². The van der Waals surface area contributed by atoms with Gasteiger partial charge in [0.15, 0.2) is 0 Å². The molecule has 1 heterocycles. The van der Waals surface area contributed by atoms with Crippen molar-refractivity contribution in [3.63, 3.8) is 0 Å². The minimum absolute atomic E-state index is 0.00897. The predicted molar refractivity (Wildman–Crippen MR) is 72.2 cm³/mol. The Kier molecular flexibility index (Phi) is 4.47. The van der Waals surface area contributed by atoms with Crippen molar-refractivity contribution < 1.29 is 13.9 Å². The van der Waals surface area contributed by atoms with Crippen molar-refractivity contribution in [1.82, 2.24) is 0 Å². The molecule has 5 heteroatoms. The molecule has 18 heavy (non-hydrogen) atoms. The number of ether oxygens (including phenoxy) is 1. The number of thiol groups is 1. The largest absolute Gasteiger partial charge is 0.489 e. The van der Waals surface area contributed by atoms with E-state index < -0.39 is 6.67 Å². The fraction of sp³-hybridized carbons (Fsp3) is 0.462. The first-order valence-corrected chi connectivity index (χ1v) is 6.58. The molecule has 1 aromatic carbocycles. The van der Waals surface area contributed by atoms with Gasteiger partial charge in [-0.3, -0.25) is 4.79 Å². The Bertz CT molecular complexity index is 427. The van der Waals surface area contributed by atoms with Gasteiger partial charge in [-0.1, -0.05) is 12.1 Å². The summed E-state index contributed by atoms with van der Waals surface area (Å²) in [6.45, 7) is 0.120. The topological polar surface area (TPSA) is 29.5 Å². The maximum Gasteiger partial charge on any atom is 0.227 e. The molecule has 98 valence electrons. The van der Waals surface area contributed by atoms with Gasteiger partial charge in [0.05, 0.1) is 5.69 Å². The van der Waals surface area contributed by atoms with Crippen molar-refractivity contribution in [2.75, 3.05) is 30.5 Å². The lowest BCUT2D eigenvalue weighted by molar-refractivity contribution is -0.117. The van der Waals surface area contributed by atoms with Gasteiger partial charge in [0.25, 0.3) is 0 Å². The lowest BCUT2D eigenvalue weighted by Crippen LogP contribution is -2.25. The minimum Gasteiger partial charge on any atom is -0.489 e. The Morgan fingerprint density at radius 3 is 2.89 bits per heavy atom. The number of nitrogens with zero attached hydrogens (tertiary/aromatic N) is 1. The molecule has 0 aromatic heterocycles. The van der Waals surface area contributed by atoms with E-state index in [1.54, 1.807) is 11.0 Å². The number of anilines is 1. The van der Waals surface area contributed by atoms with Gasteiger partial charge < -0.3 is 9.64 Å². The van der Waals surface area contributed by atoms with Crippen LogP contribution < -0.4 is 9.64 Å². The number of hydrogen-bond donors (Lipinski definition) is 1. The van der Waals surface area contributed by atoms with E-state index in [-0.39, 0.29) is 18.4 Å². The number of hydrogen-bond acceptors (Lipinski definition) is 3. The summed E-state index contributed by atoms with van der Waals surface area (Å²) < 4.78 is 17.5. The average molecular weight is 269 g/mol. The van der Waals surface area contributed by atoms with Gasteiger partial charge in [-0.15, -0.1) is 0 Å². The smallest absolute Gasteiger partial charge is 0.227 e. The minimum atomic E-state index is -0.540. The van der Waals surface area contributed by atoms with Crippen LogP contribution in [0.3, 0.4) is 0 Å². The van der Waals surface area contributed by atoms with Gasteiger partial charge in [-0.2, -0.15) is 12.6 Å². The standard InChI is InChI=1S/C13H16FNO2S/c14-5-6-17-12-4-2-1-3-11(12)15-8-10(9-18)7-13(15)16/h1-4,10,18H,5-9H2. The zero-order chi connectivity index (χ0) is 13.0. The normalized spacial score (nSPS) is 19.3. The van der Waals surface area contributed by atoms with E-state index in [9.17, 15) is 9.18 Å². The summed E-state index contributed by atoms with van der Waals surface area (Å²) >= 11 is 4.23. The van der Waals surface area contributed by atoms with Crippen LogP contribution in [0.4, 0.5) is 10.1 Å². The molecule has 1 fully saturated rings. The Balaban J connectivity index is 2.19. The Hall–Kier alpha value is -1.23. The van der Waals surface area contributed by atoms with E-state index in [1.807, 2.05) is 18.2 Å². The highest BCUT2D eigenvalue weighted by Crippen LogP contribution is 2.33. The van der Waals surface area contributed by atoms with Gasteiger partial charge in [0.2, 0.25) is 5.91 Å². The van der Waals surface area contributed by atoms with Crippen LogP contribution in [0.1, 0.15) is 6.42 Å². The van der Waals surface area contributed by atoms with Crippen molar-refractivity contribution >= 4 is 24.2 Å². The number of carbonyl (C=O) groups is 1. The van der Waals surface area contributed by atoms with E-state index in [0.717, 1.165) is 5.69 Å². The van der Waals surface area contributed by atoms with E-state index in [1.165, 1.54) is 0 Å². The first-order chi connectivity index (χ1) is 8.76. The summed E-state index contributed by atoms with van der Waals surface area (Å²) in [4.78, 5) is 13.6. The lowest BCUT2D eigenvalue weighted by atomic mass is 10.1. The second-order valence-electron chi connectivity index (χ2n) is 4.26. The monoisotopic (exact) mass is 269 g/mol. The van der Waals surface area contributed by atoms with Gasteiger partial charge in [-0.05, 0) is 23.8 Å². The Morgan fingerprint density at radius 2 is 2.22 bits per heavy atom. The number of para-hydroxylation sites is 2. The number of carbonyl (C=O) groups excluding carboxylic acids is 1. The maximum absolute atomic E-state index is 12.2. The molecule has 1 atom stereocenters. The van der Waals surface area contributed by atoms with E-state index in [4.69, 9.17) is 4.74 Å². The highest BCUT2D eigenvalue weighted by Gasteiger charge is 2.31. The van der Waals surface area contributed by atoms with Crippen LogP contribution >= 0.6 is 12.6 Å². The highest BCUT2D eigenvalue weighted by molar-refractivity contribution is 7.80. The molecule has 0 bridgehead atoms. The summed E-state index contributed by atoms with van der Waals surface area (Å²) in [7, 11) is 0. The Morgan fingerprint density at radius 1 is 1.44 bits per heavy atom. The quantitative estimate of drug-likeness (QED) is 0.831. The predicted octanol–water partition coefficient (Wildman–Crippen LogP) is 2.32. The number of amides is 1. The second-order valence-corrected chi connectivity index (χ2v) is 4.63. The maximum atomic E-state index is 12.2. The molecule has 2 rings (SSSR count). The third-order valence-electron chi connectivity index (χ3n) is 2.95. The van der Waals surface area contributed by atoms with Crippen molar-refractivity contribution in [1.29, 1.82) is 0 Å². The average Bonchev–Trinajstić information content (AvgIpc) is 2.78. The summed E-state index contributed by atoms with van der Waals surface area (Å²) in [6.07, 6.45) is 0.515. The lowest BCUT2D eigenvalue weighted by Gasteiger charge is -2.20. The number of halogens is 1. The van der Waals surface area contributed by atoms with Gasteiger partial charge in [-0.25, -0.2) is 4.39 Å². The van der Waals surface area contributed by atoms with Crippen molar-refractivity contribution in [2.24, 2.45) is 5.92 Å². The van der Waals surface area contributed by atoms with Crippen molar-refractivity contribution in [3.05, 3.63) is 24.3 Å². The van der Waals surface area contributed by atoms with Gasteiger partial charge in [0.1, 0.15) is 19.0 Å². The first kappa shape index (κ1) is 13.2. The fourth-order valence-electron chi connectivity index (χ4n) is 2.09. The molecule has 0 N–H and O–H groups in total. The SMILES string of the molecule is O=C1CC(CS)CN1c1ccccc1OCCF. The Labute approximate surface area is 111 Å². The highest BCUT2D eigenvalue weighted by atomic mass is 32.1. The third-order valence-corrected chi connectivity index (χ3v) is 3.47. The number of rotatable bonds is 5. The van der Waals surface area contributed by atoms with E-state index in [0.29, 0.717) is 24.5 Å². The molecular formula is C13H16FNO2S. The molecular weight excluding hydrogens is 253 g/mol. The van der Waals surface area contributed by atoms with Crippen LogP contribution in [-0.4, -0.2) is 31.5 Å². The van der Waals surface area contributed by atoms with Crippen LogP contribution in [0, 0.1) is 5.92 Å². The number of benzene rings is 1. The molecule has 0 saturated carbocycles. The first-order valence-electron chi connectivity index (χ1n) is 5.95. The van der Waals surface area contributed by atoms with E-state index in [2.05, 4.69) is 12.6 Å². The van der Waals surface area contributed by atoms with Gasteiger partial charge >= 0.3 is 0 Å². The molecule has 0 aliphatic carbocycles.